The van der Waals surface area contributed by atoms with E-state index in [-0.39, 0.29) is 22.2 Å². The molecule has 38 heavy (non-hydrogen) atoms. The van der Waals surface area contributed by atoms with Gasteiger partial charge in [0.05, 0.1) is 22.6 Å². The highest BCUT2D eigenvalue weighted by Gasteiger charge is 2.46. The maximum atomic E-state index is 14.2. The lowest BCUT2D eigenvalue weighted by molar-refractivity contribution is -0.137. The van der Waals surface area contributed by atoms with Crippen molar-refractivity contribution in [3.05, 3.63) is 28.5 Å². The van der Waals surface area contributed by atoms with Gasteiger partial charge in [-0.2, -0.15) is 13.2 Å². The summed E-state index contributed by atoms with van der Waals surface area (Å²) < 4.78 is 70.5. The Labute approximate surface area is 219 Å². The average molecular weight is 562 g/mol. The molecule has 1 saturated carbocycles. The number of carbonyl (C=O) groups excluding carboxylic acids is 2. The van der Waals surface area contributed by atoms with Crippen LogP contribution < -0.4 is 10.6 Å². The Morgan fingerprint density at radius 2 is 1.95 bits per heavy atom. The van der Waals surface area contributed by atoms with E-state index in [1.54, 1.807) is 0 Å². The van der Waals surface area contributed by atoms with Crippen molar-refractivity contribution in [1.82, 2.24) is 20.2 Å². The molecule has 14 heteroatoms. The van der Waals surface area contributed by atoms with Crippen molar-refractivity contribution < 1.29 is 36.6 Å². The Hall–Kier alpha value is -2.87. The zero-order chi connectivity index (χ0) is 28.0. The van der Waals surface area contributed by atoms with Crippen LogP contribution in [0.15, 0.2) is 12.3 Å². The summed E-state index contributed by atoms with van der Waals surface area (Å²) in [6.45, 7) is 3.63. The fourth-order valence-corrected chi connectivity index (χ4v) is 5.07. The largest absolute Gasteiger partial charge is 0.417 e. The lowest BCUT2D eigenvalue weighted by Crippen LogP contribution is -2.38. The van der Waals surface area contributed by atoms with Gasteiger partial charge in [0, 0.05) is 37.3 Å². The van der Waals surface area contributed by atoms with Crippen LogP contribution in [-0.4, -0.2) is 69.0 Å². The zero-order valence-corrected chi connectivity index (χ0v) is 21.8. The highest BCUT2D eigenvalue weighted by atomic mass is 32.1. The van der Waals surface area contributed by atoms with Gasteiger partial charge in [-0.15, -0.1) is 11.3 Å². The number of hydrogen-bond acceptors (Lipinski definition) is 7. The van der Waals surface area contributed by atoms with Crippen molar-refractivity contribution in [2.45, 2.75) is 63.8 Å². The first-order chi connectivity index (χ1) is 17.5. The number of aliphatic hydroxyl groups is 1. The quantitative estimate of drug-likeness (QED) is 0.412. The standard InChI is InChI=1S/C24H28F5N5O3S/c1-12-7-23(25,26)11-34(12)21(36)17-18(38-20(33-17)19(35)32-10-22(2,3)37)14-9-31-16(30-8-13-4-5-13)6-15(14)24(27,28)29/h6,9,12-13,37H,4-5,7-8,10-11H2,1-3H3,(H,30,31)(H,32,35)/t12-/m0/s1. The number of anilines is 1. The third kappa shape index (κ3) is 6.57. The monoisotopic (exact) mass is 561 g/mol. The van der Waals surface area contributed by atoms with Crippen molar-refractivity contribution in [3.63, 3.8) is 0 Å². The van der Waals surface area contributed by atoms with Crippen LogP contribution in [0.5, 0.6) is 0 Å². The molecule has 8 nitrogen and oxygen atoms in total. The number of aromatic nitrogens is 2. The van der Waals surface area contributed by atoms with Crippen molar-refractivity contribution in [1.29, 1.82) is 0 Å². The van der Waals surface area contributed by atoms with Crippen LogP contribution in [0.25, 0.3) is 10.4 Å². The van der Waals surface area contributed by atoms with Crippen LogP contribution in [0.4, 0.5) is 27.8 Å². The first-order valence-electron chi connectivity index (χ1n) is 12.1. The normalized spacial score (nSPS) is 19.5. The van der Waals surface area contributed by atoms with Crippen molar-refractivity contribution in [2.24, 2.45) is 5.92 Å². The Bertz CT molecular complexity index is 1220. The number of alkyl halides is 5. The minimum Gasteiger partial charge on any atom is -0.389 e. The molecular weight excluding hydrogens is 533 g/mol. The van der Waals surface area contributed by atoms with Crippen LogP contribution in [0, 0.1) is 5.92 Å². The van der Waals surface area contributed by atoms with Gasteiger partial charge in [-0.1, -0.05) is 0 Å². The second-order valence-electron chi connectivity index (χ2n) is 10.5. The van der Waals surface area contributed by atoms with E-state index in [4.69, 9.17) is 0 Å². The number of halogens is 5. The average Bonchev–Trinajstić information content (AvgIpc) is 3.45. The molecule has 2 aliphatic rings. The zero-order valence-electron chi connectivity index (χ0n) is 21.0. The third-order valence-electron chi connectivity index (χ3n) is 6.22. The number of pyridine rings is 1. The lowest BCUT2D eigenvalue weighted by atomic mass is 10.1. The summed E-state index contributed by atoms with van der Waals surface area (Å²) in [7, 11) is 0. The molecule has 208 valence electrons. The lowest BCUT2D eigenvalue weighted by Gasteiger charge is -2.21. The predicted octanol–water partition coefficient (Wildman–Crippen LogP) is 4.42. The molecule has 1 atom stereocenters. The van der Waals surface area contributed by atoms with Gasteiger partial charge in [-0.3, -0.25) is 9.59 Å². The summed E-state index contributed by atoms with van der Waals surface area (Å²) in [6.07, 6.45) is -2.54. The number of carbonyl (C=O) groups is 2. The number of nitrogens with one attached hydrogen (secondary N) is 2. The molecule has 2 fully saturated rings. The SMILES string of the molecule is C[C@H]1CC(F)(F)CN1C(=O)c1nc(C(=O)NCC(C)(C)O)sc1-c1cnc(NCC2CC2)cc1C(F)(F)F. The number of likely N-dealkylation sites (tertiary alicyclic amines) is 1. The van der Waals surface area contributed by atoms with E-state index >= 15 is 0 Å². The van der Waals surface area contributed by atoms with Crippen LogP contribution in [0.1, 0.15) is 65.9 Å². The fraction of sp³-hybridized carbons (Fsp3) is 0.583. The maximum absolute atomic E-state index is 14.2. The summed E-state index contributed by atoms with van der Waals surface area (Å²) in [4.78, 5) is 34.7. The summed E-state index contributed by atoms with van der Waals surface area (Å²) in [5.41, 5.74) is -3.43. The molecule has 4 rings (SSSR count). The second-order valence-corrected chi connectivity index (χ2v) is 11.5. The third-order valence-corrected chi connectivity index (χ3v) is 7.30. The van der Waals surface area contributed by atoms with Gasteiger partial charge < -0.3 is 20.6 Å². The topological polar surface area (TPSA) is 107 Å². The van der Waals surface area contributed by atoms with E-state index in [0.29, 0.717) is 23.8 Å². The molecule has 2 aromatic heterocycles. The van der Waals surface area contributed by atoms with E-state index in [1.807, 2.05) is 0 Å². The molecular formula is C24H28F5N5O3S. The Balaban J connectivity index is 1.77. The van der Waals surface area contributed by atoms with E-state index in [0.717, 1.165) is 30.0 Å². The fourth-order valence-electron chi connectivity index (χ4n) is 4.08. The Morgan fingerprint density at radius 3 is 2.50 bits per heavy atom. The molecule has 2 aromatic rings. The van der Waals surface area contributed by atoms with E-state index < -0.39 is 65.3 Å². The minimum atomic E-state index is -4.85. The van der Waals surface area contributed by atoms with Gasteiger partial charge in [-0.25, -0.2) is 18.7 Å². The van der Waals surface area contributed by atoms with Gasteiger partial charge in [-0.05, 0) is 45.6 Å². The van der Waals surface area contributed by atoms with Gasteiger partial charge in [0.2, 0.25) is 0 Å². The number of thiazole rings is 1. The van der Waals surface area contributed by atoms with Crippen molar-refractivity contribution >= 4 is 29.0 Å². The molecule has 1 saturated heterocycles. The van der Waals surface area contributed by atoms with Gasteiger partial charge in [0.15, 0.2) is 5.01 Å². The van der Waals surface area contributed by atoms with Crippen LogP contribution >= 0.6 is 11.3 Å². The summed E-state index contributed by atoms with van der Waals surface area (Å²) in [6, 6.07) is -0.0690. The van der Waals surface area contributed by atoms with Gasteiger partial charge in [0.1, 0.15) is 11.5 Å². The first kappa shape index (κ1) is 28.1. The number of amides is 2. The molecule has 0 radical (unpaired) electrons. The van der Waals surface area contributed by atoms with Crippen LogP contribution in [0.3, 0.4) is 0 Å². The molecule has 3 heterocycles. The highest BCUT2D eigenvalue weighted by Crippen LogP contribution is 2.43. The Kier molecular flexibility index (Phi) is 7.43. The molecule has 2 amide bonds. The van der Waals surface area contributed by atoms with Gasteiger partial charge >= 0.3 is 6.18 Å². The molecule has 3 N–H and O–H groups in total. The predicted molar refractivity (Wildman–Crippen MR) is 130 cm³/mol. The second kappa shape index (κ2) is 10.0. The highest BCUT2D eigenvalue weighted by molar-refractivity contribution is 7.17. The number of nitrogens with zero attached hydrogens (tertiary/aromatic N) is 3. The number of rotatable bonds is 8. The molecule has 1 aliphatic heterocycles. The molecule has 0 aromatic carbocycles. The van der Waals surface area contributed by atoms with Crippen LogP contribution in [0.2, 0.25) is 0 Å². The van der Waals surface area contributed by atoms with E-state index in [9.17, 15) is 36.6 Å². The molecule has 1 aliphatic carbocycles. The number of hydrogen-bond donors (Lipinski definition) is 3. The maximum Gasteiger partial charge on any atom is 0.417 e. The van der Waals surface area contributed by atoms with E-state index in [2.05, 4.69) is 20.6 Å². The van der Waals surface area contributed by atoms with E-state index in [1.165, 1.54) is 20.8 Å². The van der Waals surface area contributed by atoms with Crippen molar-refractivity contribution in [2.75, 3.05) is 25.0 Å². The van der Waals surface area contributed by atoms with Crippen LogP contribution in [-0.2, 0) is 6.18 Å². The Morgan fingerprint density at radius 1 is 1.26 bits per heavy atom. The molecule has 0 bridgehead atoms. The minimum absolute atomic E-state index is 0.00122. The summed E-state index contributed by atoms with van der Waals surface area (Å²) in [5, 5.41) is 14.8. The molecule has 0 spiro atoms. The smallest absolute Gasteiger partial charge is 0.389 e. The summed E-state index contributed by atoms with van der Waals surface area (Å²) in [5.74, 6) is -4.62. The first-order valence-corrected chi connectivity index (χ1v) is 12.9. The van der Waals surface area contributed by atoms with Gasteiger partial charge in [0.25, 0.3) is 17.7 Å². The summed E-state index contributed by atoms with van der Waals surface area (Å²) >= 11 is 0.524. The van der Waals surface area contributed by atoms with Crippen molar-refractivity contribution in [3.8, 4) is 10.4 Å². The molecule has 0 unspecified atom stereocenters.